The lowest BCUT2D eigenvalue weighted by molar-refractivity contribution is -0.119. The first-order chi connectivity index (χ1) is 16.3. The van der Waals surface area contributed by atoms with Gasteiger partial charge in [-0.1, -0.05) is 60.2 Å². The molecule has 4 rings (SSSR count). The molecule has 0 bridgehead atoms. The van der Waals surface area contributed by atoms with E-state index in [1.165, 1.54) is 4.57 Å². The molecule has 0 aliphatic carbocycles. The molecule has 0 spiro atoms. The van der Waals surface area contributed by atoms with Crippen LogP contribution in [0.4, 0.5) is 5.69 Å². The molecule has 1 aromatic heterocycles. The fourth-order valence-electron chi connectivity index (χ4n) is 3.97. The van der Waals surface area contributed by atoms with Crippen LogP contribution in [-0.4, -0.2) is 23.1 Å². The minimum absolute atomic E-state index is 0.104. The summed E-state index contributed by atoms with van der Waals surface area (Å²) in [6.07, 6.45) is 0. The van der Waals surface area contributed by atoms with Crippen molar-refractivity contribution in [3.05, 3.63) is 99.5 Å². The van der Waals surface area contributed by atoms with Crippen molar-refractivity contribution in [1.29, 1.82) is 0 Å². The van der Waals surface area contributed by atoms with Crippen molar-refractivity contribution in [3.8, 4) is 11.1 Å². The summed E-state index contributed by atoms with van der Waals surface area (Å²) in [5.74, 6) is -1.19. The molecule has 1 heterocycles. The Morgan fingerprint density at radius 2 is 1.53 bits per heavy atom. The summed E-state index contributed by atoms with van der Waals surface area (Å²) < 4.78 is 6.69. The van der Waals surface area contributed by atoms with Gasteiger partial charge in [0.1, 0.15) is 5.69 Å². The number of aryl methyl sites for hydroxylation is 3. The van der Waals surface area contributed by atoms with Crippen LogP contribution in [-0.2, 0) is 16.6 Å². The second kappa shape index (κ2) is 9.35. The Morgan fingerprint density at radius 1 is 0.882 bits per heavy atom. The van der Waals surface area contributed by atoms with Crippen LogP contribution in [0.5, 0.6) is 0 Å². The first-order valence-corrected chi connectivity index (χ1v) is 11.0. The van der Waals surface area contributed by atoms with E-state index in [0.29, 0.717) is 22.0 Å². The summed E-state index contributed by atoms with van der Waals surface area (Å²) in [4.78, 5) is 38.8. The number of nitrogens with zero attached hydrogens (tertiary/aromatic N) is 1. The molecule has 0 saturated carbocycles. The molecule has 3 aromatic carbocycles. The maximum atomic E-state index is 13.2. The van der Waals surface area contributed by atoms with Gasteiger partial charge in [0.2, 0.25) is 0 Å². The summed E-state index contributed by atoms with van der Waals surface area (Å²) in [5.41, 5.74) is 4.83. The average molecular weight is 455 g/mol. The summed E-state index contributed by atoms with van der Waals surface area (Å²) in [7, 11) is 1.54. The zero-order chi connectivity index (χ0) is 24.4. The van der Waals surface area contributed by atoms with Crippen LogP contribution < -0.4 is 10.9 Å². The van der Waals surface area contributed by atoms with Crippen molar-refractivity contribution in [1.82, 2.24) is 4.57 Å². The van der Waals surface area contributed by atoms with Crippen LogP contribution in [0.25, 0.3) is 21.9 Å². The number of hydrogen-bond acceptors (Lipinski definition) is 4. The molecule has 6 nitrogen and oxygen atoms in total. The molecule has 0 fully saturated rings. The number of hydrogen-bond donors (Lipinski definition) is 1. The van der Waals surface area contributed by atoms with Gasteiger partial charge in [0.05, 0.1) is 0 Å². The number of aromatic nitrogens is 1. The van der Waals surface area contributed by atoms with Crippen molar-refractivity contribution in [2.75, 3.05) is 11.9 Å². The lowest BCUT2D eigenvalue weighted by Gasteiger charge is -2.17. The zero-order valence-electron chi connectivity index (χ0n) is 19.6. The highest BCUT2D eigenvalue weighted by Gasteiger charge is 2.23. The largest absolute Gasteiger partial charge is 0.451 e. The Bertz CT molecular complexity index is 1470. The first-order valence-electron chi connectivity index (χ1n) is 11.0. The molecule has 34 heavy (non-hydrogen) atoms. The van der Waals surface area contributed by atoms with Gasteiger partial charge < -0.3 is 14.6 Å². The number of carbonyl (C=O) groups is 2. The van der Waals surface area contributed by atoms with Gasteiger partial charge in [-0.25, -0.2) is 4.79 Å². The number of fused-ring (bicyclic) bond motifs is 1. The number of amides is 1. The van der Waals surface area contributed by atoms with Gasteiger partial charge in [0.15, 0.2) is 6.61 Å². The van der Waals surface area contributed by atoms with Crippen molar-refractivity contribution < 1.29 is 14.3 Å². The molecule has 172 valence electrons. The van der Waals surface area contributed by atoms with Crippen molar-refractivity contribution >= 4 is 28.3 Å². The Kier molecular flexibility index (Phi) is 6.32. The van der Waals surface area contributed by atoms with E-state index in [0.717, 1.165) is 22.3 Å². The van der Waals surface area contributed by atoms with Gasteiger partial charge in [-0.15, -0.1) is 0 Å². The second-order valence-electron chi connectivity index (χ2n) is 8.44. The third-order valence-electron chi connectivity index (χ3n) is 5.84. The fourth-order valence-corrected chi connectivity index (χ4v) is 3.97. The predicted molar refractivity (Wildman–Crippen MR) is 134 cm³/mol. The number of pyridine rings is 1. The highest BCUT2D eigenvalue weighted by atomic mass is 16.5. The van der Waals surface area contributed by atoms with Crippen molar-refractivity contribution in [2.45, 2.75) is 20.8 Å². The van der Waals surface area contributed by atoms with Crippen LogP contribution in [0.15, 0.2) is 71.5 Å². The van der Waals surface area contributed by atoms with Crippen LogP contribution in [0.1, 0.15) is 27.2 Å². The van der Waals surface area contributed by atoms with E-state index >= 15 is 0 Å². The molecule has 1 amide bonds. The molecule has 0 saturated heterocycles. The minimum atomic E-state index is -0.739. The van der Waals surface area contributed by atoms with Crippen LogP contribution in [0.2, 0.25) is 0 Å². The molecule has 0 atom stereocenters. The third-order valence-corrected chi connectivity index (χ3v) is 5.84. The number of esters is 1. The number of anilines is 1. The molecule has 0 aliphatic heterocycles. The highest BCUT2D eigenvalue weighted by molar-refractivity contribution is 6.07. The molecule has 0 unspecified atom stereocenters. The van der Waals surface area contributed by atoms with E-state index in [1.807, 2.05) is 75.4 Å². The maximum Gasteiger partial charge on any atom is 0.356 e. The van der Waals surface area contributed by atoms with Crippen molar-refractivity contribution in [2.24, 2.45) is 7.05 Å². The number of carbonyl (C=O) groups excluding carboxylic acids is 2. The third kappa shape index (κ3) is 4.48. The molecule has 0 aliphatic rings. The number of rotatable bonds is 5. The number of benzene rings is 3. The topological polar surface area (TPSA) is 77.4 Å². The molecule has 4 aromatic rings. The Hall–Kier alpha value is -4.19. The molecule has 0 radical (unpaired) electrons. The van der Waals surface area contributed by atoms with E-state index in [9.17, 15) is 14.4 Å². The normalized spacial score (nSPS) is 10.8. The van der Waals surface area contributed by atoms with Crippen LogP contribution in [0.3, 0.4) is 0 Å². The SMILES string of the molecule is Cc1ccc(-c2c(C(=O)OCC(=O)Nc3cc(C)ccc3C)n(C)c(=O)c3ccccc23)cc1. The monoisotopic (exact) mass is 454 g/mol. The van der Waals surface area contributed by atoms with Gasteiger partial charge in [-0.2, -0.15) is 0 Å². The van der Waals surface area contributed by atoms with Crippen LogP contribution >= 0.6 is 0 Å². The average Bonchev–Trinajstić information content (AvgIpc) is 2.82. The van der Waals surface area contributed by atoms with E-state index in [4.69, 9.17) is 4.74 Å². The predicted octanol–water partition coefficient (Wildman–Crippen LogP) is 4.93. The lowest BCUT2D eigenvalue weighted by atomic mass is 9.96. The standard InChI is InChI=1S/C28H26N2O4/c1-17-10-13-20(14-11-17)25-21-7-5-6-8-22(21)27(32)30(4)26(25)28(33)34-16-24(31)29-23-15-18(2)9-12-19(23)3/h5-15H,16H2,1-4H3,(H,29,31). The number of nitrogens with one attached hydrogen (secondary N) is 1. The zero-order valence-corrected chi connectivity index (χ0v) is 19.6. The Morgan fingerprint density at radius 3 is 2.24 bits per heavy atom. The van der Waals surface area contributed by atoms with E-state index in [2.05, 4.69) is 5.32 Å². The Balaban J connectivity index is 1.70. The highest BCUT2D eigenvalue weighted by Crippen LogP contribution is 2.31. The molecular formula is C28H26N2O4. The minimum Gasteiger partial charge on any atom is -0.451 e. The van der Waals surface area contributed by atoms with Gasteiger partial charge in [-0.05, 0) is 55.0 Å². The van der Waals surface area contributed by atoms with Gasteiger partial charge in [0, 0.05) is 23.7 Å². The van der Waals surface area contributed by atoms with Gasteiger partial charge >= 0.3 is 5.97 Å². The maximum absolute atomic E-state index is 13.2. The lowest BCUT2D eigenvalue weighted by Crippen LogP contribution is -2.28. The van der Waals surface area contributed by atoms with Crippen LogP contribution in [0, 0.1) is 20.8 Å². The second-order valence-corrected chi connectivity index (χ2v) is 8.44. The molecular weight excluding hydrogens is 428 g/mol. The molecule has 6 heteroatoms. The quantitative estimate of drug-likeness (QED) is 0.434. The van der Waals surface area contributed by atoms with Gasteiger partial charge in [0.25, 0.3) is 11.5 Å². The van der Waals surface area contributed by atoms with Gasteiger partial charge in [-0.3, -0.25) is 9.59 Å². The first kappa shape index (κ1) is 23.0. The van der Waals surface area contributed by atoms with Crippen molar-refractivity contribution in [3.63, 3.8) is 0 Å². The smallest absolute Gasteiger partial charge is 0.356 e. The summed E-state index contributed by atoms with van der Waals surface area (Å²) in [6, 6.07) is 20.6. The fraction of sp³-hybridized carbons (Fsp3) is 0.179. The van der Waals surface area contributed by atoms with E-state index < -0.39 is 18.5 Å². The van der Waals surface area contributed by atoms with E-state index in [1.54, 1.807) is 19.2 Å². The summed E-state index contributed by atoms with van der Waals surface area (Å²) in [5, 5.41) is 3.94. The summed E-state index contributed by atoms with van der Waals surface area (Å²) >= 11 is 0. The number of ether oxygens (including phenoxy) is 1. The summed E-state index contributed by atoms with van der Waals surface area (Å²) in [6.45, 7) is 5.33. The van der Waals surface area contributed by atoms with E-state index in [-0.39, 0.29) is 11.3 Å². The molecule has 1 N–H and O–H groups in total. The Labute approximate surface area is 197 Å².